The van der Waals surface area contributed by atoms with Crippen LogP contribution in [0.1, 0.15) is 18.1 Å². The van der Waals surface area contributed by atoms with E-state index in [0.29, 0.717) is 6.54 Å². The molecule has 0 saturated heterocycles. The minimum atomic E-state index is 0.707. The van der Waals surface area contributed by atoms with Gasteiger partial charge >= 0.3 is 0 Å². The lowest BCUT2D eigenvalue weighted by molar-refractivity contribution is 0.961. The molecule has 0 spiro atoms. The van der Waals surface area contributed by atoms with E-state index < -0.39 is 0 Å². The van der Waals surface area contributed by atoms with Crippen LogP contribution in [0.15, 0.2) is 42.7 Å². The van der Waals surface area contributed by atoms with E-state index in [4.69, 9.17) is 5.73 Å². The van der Waals surface area contributed by atoms with Crippen LogP contribution in [0.3, 0.4) is 0 Å². The Morgan fingerprint density at radius 1 is 1.06 bits per heavy atom. The van der Waals surface area contributed by atoms with Gasteiger partial charge in [0.05, 0.1) is 0 Å². The Bertz CT molecular complexity index is 440. The van der Waals surface area contributed by atoms with E-state index in [-0.39, 0.29) is 0 Å². The van der Waals surface area contributed by atoms with Crippen LogP contribution in [0.2, 0.25) is 0 Å². The fourth-order valence-electron chi connectivity index (χ4n) is 1.82. The van der Waals surface area contributed by atoms with Crippen LogP contribution in [0.5, 0.6) is 0 Å². The van der Waals surface area contributed by atoms with Gasteiger partial charge < -0.3 is 10.3 Å². The average Bonchev–Trinajstić information content (AvgIpc) is 2.78. The Balaban J connectivity index is 2.21. The highest BCUT2D eigenvalue weighted by atomic mass is 14.9. The Labute approximate surface area is 96.7 Å². The van der Waals surface area contributed by atoms with Crippen molar-refractivity contribution in [3.05, 3.63) is 53.9 Å². The van der Waals surface area contributed by atoms with Gasteiger partial charge in [0.25, 0.3) is 0 Å². The summed E-state index contributed by atoms with van der Waals surface area (Å²) in [7, 11) is 0. The van der Waals surface area contributed by atoms with Gasteiger partial charge in [-0.25, -0.2) is 0 Å². The fraction of sp³-hybridized carbons (Fsp3) is 0.286. The summed E-state index contributed by atoms with van der Waals surface area (Å²) >= 11 is 0. The molecule has 0 unspecified atom stereocenters. The van der Waals surface area contributed by atoms with Gasteiger partial charge in [-0.1, -0.05) is 19.1 Å². The first-order chi connectivity index (χ1) is 7.83. The molecular weight excluding hydrogens is 196 g/mol. The molecule has 0 bridgehead atoms. The maximum atomic E-state index is 5.54. The second kappa shape index (κ2) is 4.99. The molecule has 0 aliphatic carbocycles. The van der Waals surface area contributed by atoms with Gasteiger partial charge in [0.2, 0.25) is 0 Å². The monoisotopic (exact) mass is 214 g/mol. The summed E-state index contributed by atoms with van der Waals surface area (Å²) < 4.78 is 2.14. The normalized spacial score (nSPS) is 10.6. The maximum Gasteiger partial charge on any atom is 0.0449 e. The molecule has 2 aromatic rings. The lowest BCUT2D eigenvalue weighted by atomic mass is 10.1. The number of aryl methyl sites for hydroxylation is 1. The van der Waals surface area contributed by atoms with Gasteiger partial charge in [-0.2, -0.15) is 0 Å². The van der Waals surface area contributed by atoms with Crippen molar-refractivity contribution >= 4 is 0 Å². The van der Waals surface area contributed by atoms with E-state index in [9.17, 15) is 0 Å². The zero-order chi connectivity index (χ0) is 11.4. The summed E-state index contributed by atoms with van der Waals surface area (Å²) in [5.41, 5.74) is 9.41. The fourth-order valence-corrected chi connectivity index (χ4v) is 1.82. The summed E-state index contributed by atoms with van der Waals surface area (Å²) in [6.45, 7) is 2.88. The first-order valence-electron chi connectivity index (χ1n) is 5.79. The molecule has 0 aliphatic heterocycles. The molecule has 0 amide bonds. The van der Waals surface area contributed by atoms with Crippen LogP contribution in [0, 0.1) is 0 Å². The minimum absolute atomic E-state index is 0.707. The van der Waals surface area contributed by atoms with E-state index in [0.717, 1.165) is 12.8 Å². The third kappa shape index (κ3) is 2.34. The predicted octanol–water partition coefficient (Wildman–Crippen LogP) is 2.54. The van der Waals surface area contributed by atoms with E-state index in [1.54, 1.807) is 0 Å². The van der Waals surface area contributed by atoms with Crippen molar-refractivity contribution in [1.29, 1.82) is 0 Å². The standard InChI is InChI=1S/C14H18N2/c1-2-12-3-5-14(6-4-12)16-10-8-13(11-16)7-9-15/h3-6,8,10-11H,2,7,9,15H2,1H3. The number of aromatic nitrogens is 1. The summed E-state index contributed by atoms with van der Waals surface area (Å²) in [4.78, 5) is 0. The molecule has 2 rings (SSSR count). The smallest absolute Gasteiger partial charge is 0.0449 e. The van der Waals surface area contributed by atoms with Crippen LogP contribution < -0.4 is 5.73 Å². The second-order valence-corrected chi connectivity index (χ2v) is 3.99. The lowest BCUT2D eigenvalue weighted by Crippen LogP contribution is -2.01. The zero-order valence-electron chi connectivity index (χ0n) is 9.69. The highest BCUT2D eigenvalue weighted by Crippen LogP contribution is 2.12. The topological polar surface area (TPSA) is 30.9 Å². The molecule has 1 aromatic heterocycles. The zero-order valence-corrected chi connectivity index (χ0v) is 9.69. The van der Waals surface area contributed by atoms with Crippen molar-refractivity contribution in [3.63, 3.8) is 0 Å². The molecule has 84 valence electrons. The van der Waals surface area contributed by atoms with Gasteiger partial charge in [0.1, 0.15) is 0 Å². The second-order valence-electron chi connectivity index (χ2n) is 3.99. The third-order valence-electron chi connectivity index (χ3n) is 2.83. The molecule has 2 heteroatoms. The molecule has 0 fully saturated rings. The molecule has 2 N–H and O–H groups in total. The van der Waals surface area contributed by atoms with Crippen molar-refractivity contribution in [3.8, 4) is 5.69 Å². The molecule has 0 radical (unpaired) electrons. The van der Waals surface area contributed by atoms with Crippen LogP contribution in [0.25, 0.3) is 5.69 Å². The number of hydrogen-bond donors (Lipinski definition) is 1. The molecule has 0 atom stereocenters. The average molecular weight is 214 g/mol. The minimum Gasteiger partial charge on any atom is -0.330 e. The van der Waals surface area contributed by atoms with E-state index in [1.807, 2.05) is 0 Å². The maximum absolute atomic E-state index is 5.54. The van der Waals surface area contributed by atoms with Gasteiger partial charge in [-0.3, -0.25) is 0 Å². The summed E-state index contributed by atoms with van der Waals surface area (Å²) in [5.74, 6) is 0. The first kappa shape index (κ1) is 11.0. The first-order valence-corrected chi connectivity index (χ1v) is 5.79. The summed E-state index contributed by atoms with van der Waals surface area (Å²) in [5, 5.41) is 0. The highest BCUT2D eigenvalue weighted by molar-refractivity contribution is 5.36. The quantitative estimate of drug-likeness (QED) is 0.833. The number of rotatable bonds is 4. The van der Waals surface area contributed by atoms with Crippen molar-refractivity contribution < 1.29 is 0 Å². The molecule has 1 heterocycles. The Hall–Kier alpha value is -1.54. The largest absolute Gasteiger partial charge is 0.330 e. The molecule has 2 nitrogen and oxygen atoms in total. The van der Waals surface area contributed by atoms with Crippen LogP contribution in [0.4, 0.5) is 0 Å². The summed E-state index contributed by atoms with van der Waals surface area (Å²) in [6, 6.07) is 10.8. The summed E-state index contributed by atoms with van der Waals surface area (Å²) in [6.07, 6.45) is 6.27. The van der Waals surface area contributed by atoms with E-state index in [2.05, 4.69) is 54.2 Å². The van der Waals surface area contributed by atoms with Crippen molar-refractivity contribution in [2.45, 2.75) is 19.8 Å². The number of nitrogens with zero attached hydrogens (tertiary/aromatic N) is 1. The number of nitrogens with two attached hydrogens (primary N) is 1. The van der Waals surface area contributed by atoms with Gasteiger partial charge in [0.15, 0.2) is 0 Å². The lowest BCUT2D eigenvalue weighted by Gasteiger charge is -2.03. The predicted molar refractivity (Wildman–Crippen MR) is 67.9 cm³/mol. The SMILES string of the molecule is CCc1ccc(-n2ccc(CCN)c2)cc1. The third-order valence-corrected chi connectivity index (χ3v) is 2.83. The Morgan fingerprint density at radius 2 is 1.81 bits per heavy atom. The van der Waals surface area contributed by atoms with Crippen molar-refractivity contribution in [2.75, 3.05) is 6.54 Å². The number of benzene rings is 1. The molecular formula is C14H18N2. The molecule has 16 heavy (non-hydrogen) atoms. The Kier molecular flexibility index (Phi) is 3.42. The van der Waals surface area contributed by atoms with Crippen molar-refractivity contribution in [2.24, 2.45) is 5.73 Å². The van der Waals surface area contributed by atoms with E-state index in [1.165, 1.54) is 16.8 Å². The molecule has 1 aromatic carbocycles. The highest BCUT2D eigenvalue weighted by Gasteiger charge is 1.98. The van der Waals surface area contributed by atoms with Gasteiger partial charge in [-0.15, -0.1) is 0 Å². The van der Waals surface area contributed by atoms with Gasteiger partial charge in [-0.05, 0) is 48.7 Å². The van der Waals surface area contributed by atoms with Crippen LogP contribution >= 0.6 is 0 Å². The number of hydrogen-bond acceptors (Lipinski definition) is 1. The Morgan fingerprint density at radius 3 is 2.44 bits per heavy atom. The van der Waals surface area contributed by atoms with Crippen molar-refractivity contribution in [1.82, 2.24) is 4.57 Å². The molecule has 0 aliphatic rings. The molecule has 0 saturated carbocycles. The van der Waals surface area contributed by atoms with Gasteiger partial charge in [0, 0.05) is 18.1 Å². The van der Waals surface area contributed by atoms with E-state index >= 15 is 0 Å². The van der Waals surface area contributed by atoms with Crippen LogP contribution in [-0.4, -0.2) is 11.1 Å². The van der Waals surface area contributed by atoms with Crippen LogP contribution in [-0.2, 0) is 12.8 Å².